The van der Waals surface area contributed by atoms with Crippen LogP contribution in [0.25, 0.3) is 0 Å². The Hall–Kier alpha value is -0.100. The molecular formula is C11H22N2O2S. The summed E-state index contributed by atoms with van der Waals surface area (Å²) in [4.78, 5) is 12.1. The minimum atomic E-state index is -0.532. The van der Waals surface area contributed by atoms with E-state index in [0.29, 0.717) is 11.2 Å². The Labute approximate surface area is 100 Å². The number of rotatable bonds is 6. The average molecular weight is 246 g/mol. The quantitative estimate of drug-likeness (QED) is 0.530. The van der Waals surface area contributed by atoms with Gasteiger partial charge >= 0.3 is 0 Å². The third kappa shape index (κ3) is 2.97. The van der Waals surface area contributed by atoms with E-state index in [-0.39, 0.29) is 6.04 Å². The van der Waals surface area contributed by atoms with Gasteiger partial charge in [0.05, 0.1) is 18.8 Å². The highest BCUT2D eigenvalue weighted by molar-refractivity contribution is 8.28. The van der Waals surface area contributed by atoms with Gasteiger partial charge in [-0.3, -0.25) is 9.10 Å². The van der Waals surface area contributed by atoms with E-state index in [1.165, 1.54) is 0 Å². The molecule has 2 fully saturated rings. The van der Waals surface area contributed by atoms with E-state index in [2.05, 4.69) is 23.6 Å². The van der Waals surface area contributed by atoms with Gasteiger partial charge in [0, 0.05) is 13.1 Å². The second kappa shape index (κ2) is 5.49. The van der Waals surface area contributed by atoms with E-state index >= 15 is 0 Å². The predicted octanol–water partition coefficient (Wildman–Crippen LogP) is 0.532. The monoisotopic (exact) mass is 246 g/mol. The number of hydrogen-bond donors (Lipinski definition) is 2. The molecule has 16 heavy (non-hydrogen) atoms. The Morgan fingerprint density at radius 2 is 2.38 bits per heavy atom. The molecule has 0 aromatic carbocycles. The molecule has 2 aliphatic rings. The van der Waals surface area contributed by atoms with Gasteiger partial charge in [-0.15, -0.1) is 11.1 Å². The third-order valence-corrected chi connectivity index (χ3v) is 5.66. The van der Waals surface area contributed by atoms with Crippen LogP contribution in [-0.2, 0) is 9.53 Å². The Balaban J connectivity index is 1.78. The van der Waals surface area contributed by atoms with Crippen LogP contribution in [0, 0.1) is 0 Å². The third-order valence-electron chi connectivity index (χ3n) is 3.14. The van der Waals surface area contributed by atoms with Crippen LogP contribution < -0.4 is 5.32 Å². The summed E-state index contributed by atoms with van der Waals surface area (Å²) in [6.07, 6.45) is 2.50. The summed E-state index contributed by atoms with van der Waals surface area (Å²) in [7, 11) is 2.08. The van der Waals surface area contributed by atoms with Crippen molar-refractivity contribution in [2.45, 2.75) is 31.9 Å². The van der Waals surface area contributed by atoms with Crippen molar-refractivity contribution >= 4 is 16.2 Å². The molecule has 0 aromatic rings. The minimum Gasteiger partial charge on any atom is -0.372 e. The second-order valence-electron chi connectivity index (χ2n) is 4.55. The molecule has 2 rings (SSSR count). The van der Waals surface area contributed by atoms with E-state index in [4.69, 9.17) is 4.74 Å². The Morgan fingerprint density at radius 3 is 3.00 bits per heavy atom. The maximum absolute atomic E-state index is 12.1. The number of thiol groups is 1. The predicted molar refractivity (Wildman–Crippen MR) is 67.9 cm³/mol. The Bertz CT molecular complexity index is 258. The highest BCUT2D eigenvalue weighted by Gasteiger charge is 2.34. The summed E-state index contributed by atoms with van der Waals surface area (Å²) in [5.41, 5.74) is 0. The fourth-order valence-electron chi connectivity index (χ4n) is 2.10. The first-order valence-corrected chi connectivity index (χ1v) is 7.57. The van der Waals surface area contributed by atoms with Crippen LogP contribution in [0.5, 0.6) is 0 Å². The van der Waals surface area contributed by atoms with Crippen molar-refractivity contribution in [3.63, 3.8) is 0 Å². The SMILES string of the molecule is CCCN(C)[SH]1CCC(NCC2CO2)C1=O. The number of carbonyl (C=O) groups is 1. The van der Waals surface area contributed by atoms with Gasteiger partial charge in [-0.25, -0.2) is 0 Å². The molecule has 3 atom stereocenters. The number of hydrogen-bond acceptors (Lipinski definition) is 4. The molecular weight excluding hydrogens is 224 g/mol. The molecule has 4 nitrogen and oxygen atoms in total. The highest BCUT2D eigenvalue weighted by atomic mass is 32.2. The smallest absolute Gasteiger partial charge is 0.198 e. The normalized spacial score (nSPS) is 35.9. The average Bonchev–Trinajstić information content (AvgIpc) is 3.01. The number of epoxide rings is 1. The maximum Gasteiger partial charge on any atom is 0.198 e. The molecule has 2 aliphatic heterocycles. The first kappa shape index (κ1) is 12.4. The summed E-state index contributed by atoms with van der Waals surface area (Å²) < 4.78 is 7.39. The van der Waals surface area contributed by atoms with Crippen LogP contribution in [-0.4, -0.2) is 54.1 Å². The largest absolute Gasteiger partial charge is 0.372 e. The summed E-state index contributed by atoms with van der Waals surface area (Å²) in [5, 5.41) is 3.77. The zero-order valence-electron chi connectivity index (χ0n) is 10.1. The van der Waals surface area contributed by atoms with Crippen molar-refractivity contribution < 1.29 is 9.53 Å². The lowest BCUT2D eigenvalue weighted by Crippen LogP contribution is -2.36. The molecule has 5 heteroatoms. The van der Waals surface area contributed by atoms with Gasteiger partial charge in [0.1, 0.15) is 0 Å². The molecule has 1 N–H and O–H groups in total. The van der Waals surface area contributed by atoms with Gasteiger partial charge in [-0.1, -0.05) is 6.92 Å². The number of carbonyl (C=O) groups excluding carboxylic acids is 1. The van der Waals surface area contributed by atoms with Crippen LogP contribution in [0.3, 0.4) is 0 Å². The fourth-order valence-corrected chi connectivity index (χ4v) is 4.52. The van der Waals surface area contributed by atoms with Crippen molar-refractivity contribution in [3.8, 4) is 0 Å². The molecule has 0 spiro atoms. The molecule has 0 bridgehead atoms. The molecule has 2 saturated heterocycles. The van der Waals surface area contributed by atoms with E-state index in [0.717, 1.165) is 38.3 Å². The molecule has 3 unspecified atom stereocenters. The summed E-state index contributed by atoms with van der Waals surface area (Å²) in [6.45, 7) is 4.90. The molecule has 0 aliphatic carbocycles. The van der Waals surface area contributed by atoms with E-state index in [1.54, 1.807) is 0 Å². The van der Waals surface area contributed by atoms with Crippen LogP contribution in [0.2, 0.25) is 0 Å². The second-order valence-corrected chi connectivity index (χ2v) is 6.92. The van der Waals surface area contributed by atoms with Crippen molar-refractivity contribution in [1.82, 2.24) is 9.62 Å². The molecule has 0 amide bonds. The molecule has 0 aromatic heterocycles. The number of nitrogens with one attached hydrogen (secondary N) is 1. The van der Waals surface area contributed by atoms with Crippen molar-refractivity contribution in [2.75, 3.05) is 32.5 Å². The van der Waals surface area contributed by atoms with Gasteiger partial charge in [0.15, 0.2) is 5.12 Å². The van der Waals surface area contributed by atoms with Crippen LogP contribution in [0.1, 0.15) is 19.8 Å². The van der Waals surface area contributed by atoms with Crippen LogP contribution in [0.15, 0.2) is 0 Å². The molecule has 2 heterocycles. The van der Waals surface area contributed by atoms with E-state index < -0.39 is 11.1 Å². The van der Waals surface area contributed by atoms with Crippen LogP contribution in [0.4, 0.5) is 0 Å². The molecule has 0 radical (unpaired) electrons. The zero-order chi connectivity index (χ0) is 11.5. The van der Waals surface area contributed by atoms with Crippen molar-refractivity contribution in [3.05, 3.63) is 0 Å². The minimum absolute atomic E-state index is 0.0922. The number of ether oxygens (including phenoxy) is 1. The summed E-state index contributed by atoms with van der Waals surface area (Å²) in [5.74, 6) is 1.06. The summed E-state index contributed by atoms with van der Waals surface area (Å²) in [6, 6.07) is 0.0922. The maximum atomic E-state index is 12.1. The highest BCUT2D eigenvalue weighted by Crippen LogP contribution is 2.39. The van der Waals surface area contributed by atoms with E-state index in [1.807, 2.05) is 0 Å². The van der Waals surface area contributed by atoms with Crippen LogP contribution >= 0.6 is 11.1 Å². The fraction of sp³-hybridized carbons (Fsp3) is 0.909. The lowest BCUT2D eigenvalue weighted by atomic mass is 10.2. The first-order chi connectivity index (χ1) is 7.72. The first-order valence-electron chi connectivity index (χ1n) is 6.09. The lowest BCUT2D eigenvalue weighted by Gasteiger charge is -2.26. The zero-order valence-corrected chi connectivity index (χ0v) is 11.0. The topological polar surface area (TPSA) is 44.9 Å². The van der Waals surface area contributed by atoms with Gasteiger partial charge in [-0.2, -0.15) is 0 Å². The van der Waals surface area contributed by atoms with Gasteiger partial charge in [-0.05, 0) is 25.6 Å². The van der Waals surface area contributed by atoms with Gasteiger partial charge < -0.3 is 10.1 Å². The van der Waals surface area contributed by atoms with Crippen molar-refractivity contribution in [2.24, 2.45) is 0 Å². The van der Waals surface area contributed by atoms with Gasteiger partial charge in [0.2, 0.25) is 0 Å². The number of nitrogens with zero attached hydrogens (tertiary/aromatic N) is 1. The van der Waals surface area contributed by atoms with Crippen molar-refractivity contribution in [1.29, 1.82) is 0 Å². The standard InChI is InChI=1S/C11H22N2O2S/c1-3-5-13(2)16-6-4-10(11(16)14)12-7-9-8-15-9/h9-10,12,16H,3-8H2,1-2H3. The Kier molecular flexibility index (Phi) is 4.24. The Morgan fingerprint density at radius 1 is 1.62 bits per heavy atom. The summed E-state index contributed by atoms with van der Waals surface area (Å²) >= 11 is -0.532. The molecule has 94 valence electrons. The van der Waals surface area contributed by atoms with Gasteiger partial charge in [0.25, 0.3) is 0 Å². The molecule has 0 saturated carbocycles. The van der Waals surface area contributed by atoms with E-state index in [9.17, 15) is 4.79 Å². The lowest BCUT2D eigenvalue weighted by molar-refractivity contribution is -0.112.